The third-order valence-corrected chi connectivity index (χ3v) is 2.00. The Morgan fingerprint density at radius 2 is 2.33 bits per heavy atom. The monoisotopic (exact) mass is 184 g/mol. The number of rotatable bonds is 1. The van der Waals surface area contributed by atoms with Crippen LogP contribution >= 0.6 is 11.6 Å². The van der Waals surface area contributed by atoms with Crippen LogP contribution in [0.25, 0.3) is 0 Å². The number of hydrogen-bond donors (Lipinski definition) is 1. The van der Waals surface area contributed by atoms with Crippen molar-refractivity contribution < 1.29 is 4.79 Å². The molecule has 0 saturated heterocycles. The van der Waals surface area contributed by atoms with Gasteiger partial charge in [-0.05, 0) is 18.6 Å². The topological polar surface area (TPSA) is 42.0 Å². The summed E-state index contributed by atoms with van der Waals surface area (Å²) in [6, 6.07) is 1.64. The molecular formula is C8H9ClN2O. The van der Waals surface area contributed by atoms with Gasteiger partial charge in [-0.25, -0.2) is 4.98 Å². The van der Waals surface area contributed by atoms with E-state index in [1.165, 1.54) is 6.20 Å². The lowest BCUT2D eigenvalue weighted by molar-refractivity contribution is 0.0962. The van der Waals surface area contributed by atoms with Crippen molar-refractivity contribution in [2.75, 3.05) is 7.05 Å². The van der Waals surface area contributed by atoms with Crippen LogP contribution in [0.15, 0.2) is 12.3 Å². The van der Waals surface area contributed by atoms with E-state index < -0.39 is 0 Å². The Bertz CT molecular complexity index is 312. The highest BCUT2D eigenvalue weighted by Gasteiger charge is 2.08. The van der Waals surface area contributed by atoms with Gasteiger partial charge in [-0.3, -0.25) is 4.79 Å². The first kappa shape index (κ1) is 9.00. The SMILES string of the molecule is CNC(=O)c1ccnc(Cl)c1C. The van der Waals surface area contributed by atoms with E-state index in [-0.39, 0.29) is 5.91 Å². The molecule has 12 heavy (non-hydrogen) atoms. The highest BCUT2D eigenvalue weighted by atomic mass is 35.5. The summed E-state index contributed by atoms with van der Waals surface area (Å²) in [4.78, 5) is 15.0. The molecule has 0 aliphatic heterocycles. The van der Waals surface area contributed by atoms with Crippen LogP contribution in [0.5, 0.6) is 0 Å². The summed E-state index contributed by atoms with van der Waals surface area (Å²) >= 11 is 5.72. The predicted molar refractivity (Wildman–Crippen MR) is 47.4 cm³/mol. The van der Waals surface area contributed by atoms with Gasteiger partial charge in [0, 0.05) is 18.8 Å². The Balaban J connectivity index is 3.16. The summed E-state index contributed by atoms with van der Waals surface area (Å²) in [5.74, 6) is -0.142. The average molecular weight is 185 g/mol. The van der Waals surface area contributed by atoms with Crippen LogP contribution in [0.1, 0.15) is 15.9 Å². The third kappa shape index (κ3) is 1.56. The maximum atomic E-state index is 11.2. The van der Waals surface area contributed by atoms with E-state index in [4.69, 9.17) is 11.6 Å². The van der Waals surface area contributed by atoms with Gasteiger partial charge in [-0.15, -0.1) is 0 Å². The number of halogens is 1. The van der Waals surface area contributed by atoms with Crippen molar-refractivity contribution in [1.82, 2.24) is 10.3 Å². The molecule has 1 aromatic rings. The van der Waals surface area contributed by atoms with Crippen molar-refractivity contribution in [3.63, 3.8) is 0 Å². The third-order valence-electron chi connectivity index (χ3n) is 1.61. The summed E-state index contributed by atoms with van der Waals surface area (Å²) in [5.41, 5.74) is 1.27. The Hall–Kier alpha value is -1.09. The van der Waals surface area contributed by atoms with Crippen LogP contribution < -0.4 is 5.32 Å². The van der Waals surface area contributed by atoms with Crippen molar-refractivity contribution in [3.8, 4) is 0 Å². The van der Waals surface area contributed by atoms with E-state index in [1.807, 2.05) is 0 Å². The van der Waals surface area contributed by atoms with Gasteiger partial charge < -0.3 is 5.32 Å². The van der Waals surface area contributed by atoms with Gasteiger partial charge in [0.1, 0.15) is 5.15 Å². The molecule has 0 radical (unpaired) electrons. The molecule has 0 aliphatic carbocycles. The normalized spacial score (nSPS) is 9.58. The molecule has 0 unspecified atom stereocenters. The summed E-state index contributed by atoms with van der Waals surface area (Å²) in [6.07, 6.45) is 1.51. The van der Waals surface area contributed by atoms with Gasteiger partial charge in [-0.1, -0.05) is 11.6 Å². The van der Waals surface area contributed by atoms with E-state index in [1.54, 1.807) is 20.0 Å². The molecule has 3 nitrogen and oxygen atoms in total. The van der Waals surface area contributed by atoms with Gasteiger partial charge in [-0.2, -0.15) is 0 Å². The lowest BCUT2D eigenvalue weighted by atomic mass is 10.1. The van der Waals surface area contributed by atoms with Gasteiger partial charge in [0.25, 0.3) is 5.91 Å². The van der Waals surface area contributed by atoms with Crippen molar-refractivity contribution in [1.29, 1.82) is 0 Å². The molecule has 0 fully saturated rings. The number of carbonyl (C=O) groups excluding carboxylic acids is 1. The molecule has 1 aromatic heterocycles. The van der Waals surface area contributed by atoms with E-state index >= 15 is 0 Å². The van der Waals surface area contributed by atoms with Gasteiger partial charge in [0.15, 0.2) is 0 Å². The second-order valence-corrected chi connectivity index (χ2v) is 2.71. The number of amides is 1. The number of nitrogens with zero attached hydrogens (tertiary/aromatic N) is 1. The lowest BCUT2D eigenvalue weighted by Gasteiger charge is -2.03. The smallest absolute Gasteiger partial charge is 0.251 e. The summed E-state index contributed by atoms with van der Waals surface area (Å²) in [5, 5.41) is 2.90. The Kier molecular flexibility index (Phi) is 2.65. The second-order valence-electron chi connectivity index (χ2n) is 2.35. The number of carbonyl (C=O) groups is 1. The predicted octanol–water partition coefficient (Wildman–Crippen LogP) is 1.40. The van der Waals surface area contributed by atoms with E-state index in [9.17, 15) is 4.79 Å². The number of nitrogens with one attached hydrogen (secondary N) is 1. The zero-order chi connectivity index (χ0) is 9.14. The zero-order valence-electron chi connectivity index (χ0n) is 6.89. The Morgan fingerprint density at radius 1 is 1.67 bits per heavy atom. The van der Waals surface area contributed by atoms with Crippen LogP contribution in [0.3, 0.4) is 0 Å². The molecule has 64 valence electrons. The van der Waals surface area contributed by atoms with Gasteiger partial charge in [0.05, 0.1) is 0 Å². The number of hydrogen-bond acceptors (Lipinski definition) is 2. The quantitative estimate of drug-likeness (QED) is 0.671. The van der Waals surface area contributed by atoms with E-state index in [0.29, 0.717) is 16.3 Å². The Labute approximate surface area is 75.8 Å². The molecular weight excluding hydrogens is 176 g/mol. The first-order valence-corrected chi connectivity index (χ1v) is 3.87. The van der Waals surface area contributed by atoms with Crippen LogP contribution in [0.2, 0.25) is 5.15 Å². The van der Waals surface area contributed by atoms with Crippen LogP contribution in [-0.4, -0.2) is 17.9 Å². The Morgan fingerprint density at radius 3 is 2.92 bits per heavy atom. The minimum absolute atomic E-state index is 0.142. The maximum Gasteiger partial charge on any atom is 0.251 e. The first-order valence-electron chi connectivity index (χ1n) is 3.50. The van der Waals surface area contributed by atoms with Gasteiger partial charge in [0.2, 0.25) is 0 Å². The van der Waals surface area contributed by atoms with Crippen molar-refractivity contribution in [2.24, 2.45) is 0 Å². The molecule has 0 bridgehead atoms. The standard InChI is InChI=1S/C8H9ClN2O/c1-5-6(8(12)10-2)3-4-11-7(5)9/h3-4H,1-2H3,(H,10,12). The summed E-state index contributed by atoms with van der Waals surface area (Å²) in [6.45, 7) is 1.76. The second kappa shape index (κ2) is 3.54. The van der Waals surface area contributed by atoms with E-state index in [0.717, 1.165) is 0 Å². The molecule has 4 heteroatoms. The molecule has 0 saturated carbocycles. The van der Waals surface area contributed by atoms with Crippen molar-refractivity contribution >= 4 is 17.5 Å². The first-order chi connectivity index (χ1) is 5.66. The number of pyridine rings is 1. The summed E-state index contributed by atoms with van der Waals surface area (Å²) < 4.78 is 0. The fraction of sp³-hybridized carbons (Fsp3) is 0.250. The molecule has 0 spiro atoms. The van der Waals surface area contributed by atoms with Crippen LogP contribution in [0.4, 0.5) is 0 Å². The van der Waals surface area contributed by atoms with Crippen LogP contribution in [0, 0.1) is 6.92 Å². The van der Waals surface area contributed by atoms with Crippen molar-refractivity contribution in [2.45, 2.75) is 6.92 Å². The van der Waals surface area contributed by atoms with Crippen molar-refractivity contribution in [3.05, 3.63) is 28.5 Å². The average Bonchev–Trinajstić information content (AvgIpc) is 2.08. The zero-order valence-corrected chi connectivity index (χ0v) is 7.64. The van der Waals surface area contributed by atoms with E-state index in [2.05, 4.69) is 10.3 Å². The molecule has 0 atom stereocenters. The minimum Gasteiger partial charge on any atom is -0.355 e. The molecule has 0 aromatic carbocycles. The highest BCUT2D eigenvalue weighted by molar-refractivity contribution is 6.30. The molecule has 1 heterocycles. The largest absolute Gasteiger partial charge is 0.355 e. The lowest BCUT2D eigenvalue weighted by Crippen LogP contribution is -2.19. The molecule has 1 N–H and O–H groups in total. The summed E-state index contributed by atoms with van der Waals surface area (Å²) in [7, 11) is 1.58. The molecule has 0 aliphatic rings. The fourth-order valence-corrected chi connectivity index (χ4v) is 1.05. The van der Waals surface area contributed by atoms with Crippen LogP contribution in [-0.2, 0) is 0 Å². The highest BCUT2D eigenvalue weighted by Crippen LogP contribution is 2.15. The fourth-order valence-electron chi connectivity index (χ4n) is 0.891. The van der Waals surface area contributed by atoms with Gasteiger partial charge >= 0.3 is 0 Å². The maximum absolute atomic E-state index is 11.2. The minimum atomic E-state index is -0.142. The number of aromatic nitrogens is 1. The molecule has 1 rings (SSSR count). The molecule has 1 amide bonds.